The maximum atomic E-state index is 12.9. The smallest absolute Gasteiger partial charge is 0.253 e. The predicted octanol–water partition coefficient (Wildman–Crippen LogP) is 2.48. The van der Waals surface area contributed by atoms with E-state index in [-0.39, 0.29) is 11.8 Å². The Hall–Kier alpha value is -2.82. The van der Waals surface area contributed by atoms with E-state index in [0.717, 1.165) is 24.3 Å². The lowest BCUT2D eigenvalue weighted by Gasteiger charge is -2.37. The topological polar surface area (TPSA) is 43.9 Å². The minimum Gasteiger partial charge on any atom is -0.368 e. The number of carbonyl (C=O) groups excluding carboxylic acids is 2. The fourth-order valence-corrected chi connectivity index (χ4v) is 3.85. The lowest BCUT2D eigenvalue weighted by Crippen LogP contribution is -2.49. The van der Waals surface area contributed by atoms with Crippen LogP contribution in [0.25, 0.3) is 0 Å². The standard InChI is InChI=1S/C21H23N3O2/c1-15-5-3-4-6-18(15)23-9-11-24(12-10-23)21(26)16-7-8-19-17(13-16)14-20(25)22(19)2/h3-8,13H,9-12,14H2,1-2H3. The molecule has 4 rings (SSSR count). The molecule has 5 heteroatoms. The summed E-state index contributed by atoms with van der Waals surface area (Å²) < 4.78 is 0. The molecule has 134 valence electrons. The second-order valence-electron chi connectivity index (χ2n) is 7.04. The molecule has 0 N–H and O–H groups in total. The van der Waals surface area contributed by atoms with E-state index in [4.69, 9.17) is 0 Å². The Labute approximate surface area is 153 Å². The molecule has 2 heterocycles. The maximum absolute atomic E-state index is 12.9. The maximum Gasteiger partial charge on any atom is 0.253 e. The highest BCUT2D eigenvalue weighted by Gasteiger charge is 2.27. The van der Waals surface area contributed by atoms with Crippen molar-refractivity contribution in [1.29, 1.82) is 0 Å². The van der Waals surface area contributed by atoms with E-state index in [0.29, 0.717) is 25.1 Å². The van der Waals surface area contributed by atoms with Gasteiger partial charge in [0.05, 0.1) is 6.42 Å². The number of anilines is 2. The van der Waals surface area contributed by atoms with Crippen LogP contribution in [0, 0.1) is 6.92 Å². The lowest BCUT2D eigenvalue weighted by molar-refractivity contribution is -0.117. The van der Waals surface area contributed by atoms with Crippen LogP contribution in [0.5, 0.6) is 0 Å². The Morgan fingerprint density at radius 2 is 1.69 bits per heavy atom. The van der Waals surface area contributed by atoms with Gasteiger partial charge in [-0.2, -0.15) is 0 Å². The largest absolute Gasteiger partial charge is 0.368 e. The molecule has 0 atom stereocenters. The average molecular weight is 349 g/mol. The van der Waals surface area contributed by atoms with E-state index in [2.05, 4.69) is 36.1 Å². The first-order valence-corrected chi connectivity index (χ1v) is 9.04. The summed E-state index contributed by atoms with van der Waals surface area (Å²) in [6, 6.07) is 14.0. The van der Waals surface area contributed by atoms with Gasteiger partial charge in [-0.1, -0.05) is 18.2 Å². The molecule has 2 amide bonds. The summed E-state index contributed by atoms with van der Waals surface area (Å²) in [6.45, 7) is 5.22. The molecule has 2 aliphatic heterocycles. The number of nitrogens with zero attached hydrogens (tertiary/aromatic N) is 3. The number of para-hydroxylation sites is 1. The van der Waals surface area contributed by atoms with Crippen molar-refractivity contribution in [3.63, 3.8) is 0 Å². The second-order valence-corrected chi connectivity index (χ2v) is 7.04. The Morgan fingerprint density at radius 3 is 2.42 bits per heavy atom. The van der Waals surface area contributed by atoms with Gasteiger partial charge in [-0.15, -0.1) is 0 Å². The van der Waals surface area contributed by atoms with Gasteiger partial charge in [0.25, 0.3) is 5.91 Å². The van der Waals surface area contributed by atoms with Gasteiger partial charge in [0.1, 0.15) is 0 Å². The van der Waals surface area contributed by atoms with Gasteiger partial charge >= 0.3 is 0 Å². The van der Waals surface area contributed by atoms with Gasteiger partial charge < -0.3 is 14.7 Å². The number of piperazine rings is 1. The molecule has 0 unspecified atom stereocenters. The third-order valence-electron chi connectivity index (χ3n) is 5.43. The number of hydrogen-bond acceptors (Lipinski definition) is 3. The quantitative estimate of drug-likeness (QED) is 0.837. The molecule has 2 aromatic carbocycles. The molecule has 26 heavy (non-hydrogen) atoms. The highest BCUT2D eigenvalue weighted by atomic mass is 16.2. The zero-order valence-electron chi connectivity index (χ0n) is 15.2. The van der Waals surface area contributed by atoms with Gasteiger partial charge in [-0.05, 0) is 42.3 Å². The molecule has 2 aromatic rings. The minimum atomic E-state index is 0.0548. The second kappa shape index (κ2) is 6.48. The number of amides is 2. The molecule has 0 radical (unpaired) electrons. The first-order chi connectivity index (χ1) is 12.5. The molecule has 2 aliphatic rings. The van der Waals surface area contributed by atoms with Crippen LogP contribution in [0.1, 0.15) is 21.5 Å². The lowest BCUT2D eigenvalue weighted by atomic mass is 10.1. The van der Waals surface area contributed by atoms with Gasteiger partial charge in [0.15, 0.2) is 0 Å². The van der Waals surface area contributed by atoms with Crippen LogP contribution in [-0.4, -0.2) is 49.9 Å². The van der Waals surface area contributed by atoms with Crippen molar-refractivity contribution in [2.45, 2.75) is 13.3 Å². The molecule has 0 bridgehead atoms. The molecule has 0 aromatic heterocycles. The Bertz CT molecular complexity index is 869. The molecule has 1 fully saturated rings. The minimum absolute atomic E-state index is 0.0548. The first kappa shape index (κ1) is 16.6. The third-order valence-corrected chi connectivity index (χ3v) is 5.43. The van der Waals surface area contributed by atoms with Crippen LogP contribution >= 0.6 is 0 Å². The molecule has 0 saturated carbocycles. The number of fused-ring (bicyclic) bond motifs is 1. The van der Waals surface area contributed by atoms with E-state index in [1.165, 1.54) is 11.3 Å². The molecule has 5 nitrogen and oxygen atoms in total. The average Bonchev–Trinajstić information content (AvgIpc) is 2.95. The summed E-state index contributed by atoms with van der Waals surface area (Å²) in [7, 11) is 1.78. The van der Waals surface area contributed by atoms with Crippen molar-refractivity contribution in [1.82, 2.24) is 4.90 Å². The van der Waals surface area contributed by atoms with Crippen LogP contribution < -0.4 is 9.80 Å². The highest BCUT2D eigenvalue weighted by Crippen LogP contribution is 2.29. The van der Waals surface area contributed by atoms with E-state index in [1.54, 1.807) is 11.9 Å². The number of rotatable bonds is 2. The predicted molar refractivity (Wildman–Crippen MR) is 103 cm³/mol. The van der Waals surface area contributed by atoms with E-state index in [1.807, 2.05) is 23.1 Å². The zero-order valence-corrected chi connectivity index (χ0v) is 15.2. The number of hydrogen-bond donors (Lipinski definition) is 0. The normalized spacial score (nSPS) is 16.8. The van der Waals surface area contributed by atoms with Crippen LogP contribution in [0.15, 0.2) is 42.5 Å². The van der Waals surface area contributed by atoms with Crippen molar-refractivity contribution in [2.75, 3.05) is 43.0 Å². The Morgan fingerprint density at radius 1 is 0.962 bits per heavy atom. The number of likely N-dealkylation sites (N-methyl/N-ethyl adjacent to an activating group) is 1. The van der Waals surface area contributed by atoms with Crippen LogP contribution in [-0.2, 0) is 11.2 Å². The summed E-state index contributed by atoms with van der Waals surface area (Å²) in [5.74, 6) is 0.135. The van der Waals surface area contributed by atoms with Crippen LogP contribution in [0.4, 0.5) is 11.4 Å². The summed E-state index contributed by atoms with van der Waals surface area (Å²) in [5, 5.41) is 0. The fourth-order valence-electron chi connectivity index (χ4n) is 3.85. The monoisotopic (exact) mass is 349 g/mol. The summed E-state index contributed by atoms with van der Waals surface area (Å²) >= 11 is 0. The Kier molecular flexibility index (Phi) is 4.15. The van der Waals surface area contributed by atoms with Crippen molar-refractivity contribution in [2.24, 2.45) is 0 Å². The molecular weight excluding hydrogens is 326 g/mol. The fraction of sp³-hybridized carbons (Fsp3) is 0.333. The summed E-state index contributed by atoms with van der Waals surface area (Å²) in [6.07, 6.45) is 0.383. The number of aryl methyl sites for hydroxylation is 1. The van der Waals surface area contributed by atoms with E-state index >= 15 is 0 Å². The molecule has 1 saturated heterocycles. The van der Waals surface area contributed by atoms with Crippen LogP contribution in [0.3, 0.4) is 0 Å². The van der Waals surface area contributed by atoms with Gasteiger partial charge in [0, 0.05) is 50.2 Å². The Balaban J connectivity index is 1.45. The van der Waals surface area contributed by atoms with E-state index in [9.17, 15) is 9.59 Å². The summed E-state index contributed by atoms with van der Waals surface area (Å²) in [4.78, 5) is 30.6. The third kappa shape index (κ3) is 2.83. The zero-order chi connectivity index (χ0) is 18.3. The van der Waals surface area contributed by atoms with Crippen molar-refractivity contribution in [3.05, 3.63) is 59.2 Å². The van der Waals surface area contributed by atoms with Gasteiger partial charge in [0.2, 0.25) is 5.91 Å². The molecular formula is C21H23N3O2. The first-order valence-electron chi connectivity index (χ1n) is 9.04. The number of benzene rings is 2. The van der Waals surface area contributed by atoms with Gasteiger partial charge in [-0.3, -0.25) is 9.59 Å². The molecule has 0 spiro atoms. The van der Waals surface area contributed by atoms with Crippen molar-refractivity contribution < 1.29 is 9.59 Å². The van der Waals surface area contributed by atoms with E-state index < -0.39 is 0 Å². The number of carbonyl (C=O) groups is 2. The molecule has 0 aliphatic carbocycles. The van der Waals surface area contributed by atoms with Gasteiger partial charge in [-0.25, -0.2) is 0 Å². The van der Waals surface area contributed by atoms with Crippen molar-refractivity contribution in [3.8, 4) is 0 Å². The SMILES string of the molecule is Cc1ccccc1N1CCN(C(=O)c2ccc3c(c2)CC(=O)N3C)CC1. The van der Waals surface area contributed by atoms with Crippen LogP contribution in [0.2, 0.25) is 0 Å². The highest BCUT2D eigenvalue weighted by molar-refractivity contribution is 6.03. The van der Waals surface area contributed by atoms with Crippen molar-refractivity contribution >= 4 is 23.2 Å². The summed E-state index contributed by atoms with van der Waals surface area (Å²) in [5.41, 5.74) is 5.05.